The largest absolute Gasteiger partial charge is 0.507 e. The van der Waals surface area contributed by atoms with E-state index >= 15 is 13.2 Å². The normalized spacial score (nSPS) is 17.8. The zero-order chi connectivity index (χ0) is 33.2. The van der Waals surface area contributed by atoms with Crippen molar-refractivity contribution >= 4 is 28.3 Å². The van der Waals surface area contributed by atoms with Gasteiger partial charge in [0.05, 0.1) is 33.6 Å². The maximum atomic E-state index is 17.2. The van der Waals surface area contributed by atoms with Crippen LogP contribution in [0.15, 0.2) is 41.8 Å². The summed E-state index contributed by atoms with van der Waals surface area (Å²) in [5.74, 6) is -7.22. The van der Waals surface area contributed by atoms with E-state index in [0.29, 0.717) is 23.7 Å². The lowest BCUT2D eigenvalue weighted by Crippen LogP contribution is -2.60. The molecule has 2 aliphatic heterocycles. The third-order valence-corrected chi connectivity index (χ3v) is 8.79. The van der Waals surface area contributed by atoms with Crippen molar-refractivity contribution in [3.8, 4) is 22.6 Å². The molecule has 0 radical (unpaired) electrons. The minimum Gasteiger partial charge on any atom is -0.507 e. The minimum absolute atomic E-state index is 0.0260. The second-order valence-corrected chi connectivity index (χ2v) is 12.0. The lowest BCUT2D eigenvalue weighted by molar-refractivity contribution is -0.128. The summed E-state index contributed by atoms with van der Waals surface area (Å²) < 4.78 is 64.7. The number of aromatic hydroxyl groups is 1. The molecular weight excluding hydrogens is 604 g/mol. The zero-order valence-corrected chi connectivity index (χ0v) is 25.7. The molecule has 2 aromatic heterocycles. The third kappa shape index (κ3) is 4.67. The Kier molecular flexibility index (Phi) is 7.73. The number of hydrogen-bond acceptors (Lipinski definition) is 7. The average Bonchev–Trinajstić information content (AvgIpc) is 3.01. The van der Waals surface area contributed by atoms with Crippen LogP contribution < -0.4 is 15.9 Å². The van der Waals surface area contributed by atoms with Gasteiger partial charge in [-0.15, -0.1) is 0 Å². The summed E-state index contributed by atoms with van der Waals surface area (Å²) in [7, 11) is 0. The fourth-order valence-corrected chi connectivity index (χ4v) is 6.59. The molecule has 4 heterocycles. The maximum Gasteiger partial charge on any atom is 0.354 e. The predicted octanol–water partition coefficient (Wildman–Crippen LogP) is 5.55. The number of carbonyl (C=O) groups excluding carboxylic acids is 1. The molecule has 4 aromatic rings. The van der Waals surface area contributed by atoms with Gasteiger partial charge in [0.25, 0.3) is 0 Å². The highest BCUT2D eigenvalue weighted by atomic mass is 19.2. The summed E-state index contributed by atoms with van der Waals surface area (Å²) in [6.45, 7) is 11.3. The van der Waals surface area contributed by atoms with Crippen molar-refractivity contribution in [1.82, 2.24) is 19.4 Å². The SMILES string of the molecule is C=CC(=O)N1CC2CCNc3c(F)c(-c4c(O)ccc(F)c4F)c(F)c4c3c(nc(=O)n4-c3c(C)ccnc3C(C)C)N2CC1C. The van der Waals surface area contributed by atoms with Crippen LogP contribution in [0.25, 0.3) is 27.7 Å². The summed E-state index contributed by atoms with van der Waals surface area (Å²) in [6, 6.07) is 2.30. The van der Waals surface area contributed by atoms with Crippen LogP contribution in [0, 0.1) is 30.2 Å². The Balaban J connectivity index is 1.78. The highest BCUT2D eigenvalue weighted by Gasteiger charge is 2.39. The number of rotatable bonds is 4. The molecule has 1 saturated heterocycles. The molecule has 0 bridgehead atoms. The second kappa shape index (κ2) is 11.5. The van der Waals surface area contributed by atoms with E-state index in [-0.39, 0.29) is 60.1 Å². The molecule has 0 spiro atoms. The molecule has 2 aliphatic rings. The van der Waals surface area contributed by atoms with E-state index in [9.17, 15) is 19.1 Å². The smallest absolute Gasteiger partial charge is 0.354 e. The van der Waals surface area contributed by atoms with Crippen LogP contribution in [0.5, 0.6) is 5.75 Å². The molecule has 9 nitrogen and oxygen atoms in total. The van der Waals surface area contributed by atoms with Gasteiger partial charge in [-0.05, 0) is 56.0 Å². The number of aryl methyl sites for hydroxylation is 1. The van der Waals surface area contributed by atoms with Crippen LogP contribution in [-0.4, -0.2) is 62.2 Å². The number of phenols is 1. The van der Waals surface area contributed by atoms with Crippen molar-refractivity contribution in [3.05, 3.63) is 82.1 Å². The van der Waals surface area contributed by atoms with Crippen molar-refractivity contribution < 1.29 is 27.5 Å². The number of halogens is 4. The highest BCUT2D eigenvalue weighted by Crippen LogP contribution is 2.46. The molecule has 0 saturated carbocycles. The van der Waals surface area contributed by atoms with Crippen LogP contribution >= 0.6 is 0 Å². The molecule has 0 aliphatic carbocycles. The number of aromatic nitrogens is 3. The van der Waals surface area contributed by atoms with Crippen molar-refractivity contribution in [2.75, 3.05) is 29.9 Å². The van der Waals surface area contributed by atoms with Gasteiger partial charge in [0, 0.05) is 37.9 Å². The van der Waals surface area contributed by atoms with Gasteiger partial charge in [-0.1, -0.05) is 20.4 Å². The molecule has 2 N–H and O–H groups in total. The van der Waals surface area contributed by atoms with Crippen molar-refractivity contribution in [1.29, 1.82) is 0 Å². The molecule has 1 amide bonds. The molecule has 46 heavy (non-hydrogen) atoms. The number of amides is 1. The number of nitrogens with zero attached hydrogens (tertiary/aromatic N) is 5. The van der Waals surface area contributed by atoms with E-state index in [2.05, 4.69) is 21.9 Å². The van der Waals surface area contributed by atoms with Gasteiger partial charge in [0.15, 0.2) is 23.3 Å². The Morgan fingerprint density at radius 1 is 1.11 bits per heavy atom. The van der Waals surface area contributed by atoms with Gasteiger partial charge in [0.1, 0.15) is 17.1 Å². The van der Waals surface area contributed by atoms with Gasteiger partial charge in [-0.25, -0.2) is 22.4 Å². The first-order valence-corrected chi connectivity index (χ1v) is 14.9. The molecule has 2 unspecified atom stereocenters. The molecule has 2 atom stereocenters. The molecule has 6 rings (SSSR count). The standard InChI is InChI=1S/C33H32F4N6O3/c1-6-21(45)41-14-18-10-12-39-29-24-31(27(37)23(26(29)36)22-20(44)8-7-19(34)25(22)35)43(30-16(4)9-11-38-28(30)15(2)3)33(46)40-32(24)42(18)13-17(41)5/h6-9,11,15,17-18,39,44H,1,10,12-14H2,2-5H3. The van der Waals surface area contributed by atoms with Gasteiger partial charge >= 0.3 is 5.69 Å². The van der Waals surface area contributed by atoms with E-state index < -0.39 is 57.4 Å². The number of pyridine rings is 1. The minimum atomic E-state index is -1.66. The Morgan fingerprint density at radius 2 is 1.85 bits per heavy atom. The fraction of sp³-hybridized carbons (Fsp3) is 0.333. The van der Waals surface area contributed by atoms with Crippen LogP contribution in [0.3, 0.4) is 0 Å². The summed E-state index contributed by atoms with van der Waals surface area (Å²) in [4.78, 5) is 39.1. The first-order valence-electron chi connectivity index (χ1n) is 14.9. The molecule has 240 valence electrons. The summed E-state index contributed by atoms with van der Waals surface area (Å²) in [6.07, 6.45) is 3.12. The van der Waals surface area contributed by atoms with Crippen molar-refractivity contribution in [3.63, 3.8) is 0 Å². The Morgan fingerprint density at radius 3 is 2.54 bits per heavy atom. The molecular formula is C33H32F4N6O3. The van der Waals surface area contributed by atoms with Gasteiger partial charge in [-0.2, -0.15) is 4.98 Å². The third-order valence-electron chi connectivity index (χ3n) is 8.79. The number of benzene rings is 2. The lowest BCUT2D eigenvalue weighted by atomic mass is 9.95. The van der Waals surface area contributed by atoms with E-state index in [0.717, 1.165) is 10.6 Å². The first kappa shape index (κ1) is 31.1. The molecule has 2 aromatic carbocycles. The zero-order valence-electron chi connectivity index (χ0n) is 25.7. The summed E-state index contributed by atoms with van der Waals surface area (Å²) in [5, 5.41) is 13.5. The number of carbonyl (C=O) groups is 1. The number of anilines is 2. The predicted molar refractivity (Wildman–Crippen MR) is 167 cm³/mol. The van der Waals surface area contributed by atoms with E-state index in [1.165, 1.54) is 6.08 Å². The Hall–Kier alpha value is -4.94. The maximum absolute atomic E-state index is 17.2. The topological polar surface area (TPSA) is 104 Å². The van der Waals surface area contributed by atoms with Crippen molar-refractivity contribution in [2.24, 2.45) is 0 Å². The number of nitrogens with one attached hydrogen (secondary N) is 1. The fourth-order valence-electron chi connectivity index (χ4n) is 6.59. The van der Waals surface area contributed by atoms with E-state index in [1.807, 2.05) is 20.8 Å². The van der Waals surface area contributed by atoms with Crippen LogP contribution in [0.1, 0.15) is 44.4 Å². The Bertz CT molecular complexity index is 2000. The van der Waals surface area contributed by atoms with Crippen LogP contribution in [0.4, 0.5) is 29.1 Å². The second-order valence-electron chi connectivity index (χ2n) is 12.0. The van der Waals surface area contributed by atoms with Gasteiger partial charge < -0.3 is 20.2 Å². The quantitative estimate of drug-likeness (QED) is 0.224. The van der Waals surface area contributed by atoms with E-state index in [1.54, 1.807) is 29.0 Å². The van der Waals surface area contributed by atoms with E-state index in [4.69, 9.17) is 0 Å². The van der Waals surface area contributed by atoms with Crippen molar-refractivity contribution in [2.45, 2.75) is 52.1 Å². The molecule has 1 fully saturated rings. The first-order chi connectivity index (χ1) is 21.9. The molecule has 13 heteroatoms. The van der Waals surface area contributed by atoms with Gasteiger partial charge in [0.2, 0.25) is 5.91 Å². The number of fused-ring (bicyclic) bond motifs is 2. The number of piperazine rings is 1. The average molecular weight is 637 g/mol. The van der Waals surface area contributed by atoms with Crippen LogP contribution in [0.2, 0.25) is 0 Å². The Labute approximate surface area is 261 Å². The lowest BCUT2D eigenvalue weighted by Gasteiger charge is -2.46. The summed E-state index contributed by atoms with van der Waals surface area (Å²) in [5.41, 5.74) is -2.57. The van der Waals surface area contributed by atoms with Crippen LogP contribution in [-0.2, 0) is 4.79 Å². The summed E-state index contributed by atoms with van der Waals surface area (Å²) >= 11 is 0. The number of hydrogen-bond donors (Lipinski definition) is 2. The number of phenolic OH excluding ortho intramolecular Hbond substituents is 1. The monoisotopic (exact) mass is 636 g/mol. The highest BCUT2D eigenvalue weighted by molar-refractivity contribution is 6.05. The van der Waals surface area contributed by atoms with Gasteiger partial charge in [-0.3, -0.25) is 14.3 Å².